The summed E-state index contributed by atoms with van der Waals surface area (Å²) in [5.74, 6) is -0.106. The Morgan fingerprint density at radius 2 is 2.42 bits per heavy atom. The number of nitrogens with zero attached hydrogens (tertiary/aromatic N) is 1. The molecule has 0 spiro atoms. The van der Waals surface area contributed by atoms with Crippen LogP contribution in [0.2, 0.25) is 0 Å². The van der Waals surface area contributed by atoms with Gasteiger partial charge in [-0.05, 0) is 6.92 Å². The second kappa shape index (κ2) is 3.34. The lowest BCUT2D eigenvalue weighted by atomic mass is 10.2. The molecule has 0 aromatic carbocycles. The molecule has 1 saturated heterocycles. The molecule has 1 heterocycles. The number of methoxy groups -OCH3 is 1. The molecule has 1 fully saturated rings. The van der Waals surface area contributed by atoms with Gasteiger partial charge >= 0.3 is 6.09 Å². The number of hydrogen-bond donors (Lipinski definition) is 1. The van der Waals surface area contributed by atoms with E-state index in [4.69, 9.17) is 0 Å². The number of hydrogen-bond acceptors (Lipinski definition) is 3. The molecule has 0 aromatic rings. The molecule has 0 radical (unpaired) electrons. The highest BCUT2D eigenvalue weighted by atomic mass is 16.5. The van der Waals surface area contributed by atoms with Crippen LogP contribution >= 0.6 is 0 Å². The molecule has 1 aliphatic heterocycles. The average molecular weight is 170 g/mol. The Morgan fingerprint density at radius 1 is 1.75 bits per heavy atom. The fraction of sp³-hybridized carbons (Fsp3) is 0.571. The van der Waals surface area contributed by atoms with Gasteiger partial charge in [-0.2, -0.15) is 4.99 Å². The molecule has 1 rings (SSSR count). The second-order valence-corrected chi connectivity index (χ2v) is 2.54. The summed E-state index contributed by atoms with van der Waals surface area (Å²) in [5, 5.41) is 2.62. The summed E-state index contributed by atoms with van der Waals surface area (Å²) < 4.78 is 4.33. The van der Waals surface area contributed by atoms with Crippen molar-refractivity contribution in [2.24, 2.45) is 4.99 Å². The Kier molecular flexibility index (Phi) is 2.42. The molecule has 5 heteroatoms. The van der Waals surface area contributed by atoms with Gasteiger partial charge in [-0.25, -0.2) is 4.79 Å². The molecule has 0 aromatic heterocycles. The van der Waals surface area contributed by atoms with Crippen LogP contribution in [0.4, 0.5) is 4.79 Å². The van der Waals surface area contributed by atoms with E-state index in [1.54, 1.807) is 6.92 Å². The van der Waals surface area contributed by atoms with Gasteiger partial charge < -0.3 is 10.1 Å². The van der Waals surface area contributed by atoms with E-state index in [2.05, 4.69) is 15.0 Å². The fourth-order valence-electron chi connectivity index (χ4n) is 0.993. The van der Waals surface area contributed by atoms with Crippen LogP contribution in [0.3, 0.4) is 0 Å². The minimum atomic E-state index is -0.659. The third-order valence-corrected chi connectivity index (χ3v) is 1.63. The van der Waals surface area contributed by atoms with E-state index in [0.717, 1.165) is 0 Å². The third-order valence-electron chi connectivity index (χ3n) is 1.63. The molecule has 12 heavy (non-hydrogen) atoms. The lowest BCUT2D eigenvalue weighted by Crippen LogP contribution is -2.25. The van der Waals surface area contributed by atoms with Crippen molar-refractivity contribution in [1.29, 1.82) is 0 Å². The number of rotatable bonds is 0. The SMILES string of the molecule is COC(=O)/N=C1\CC(=O)NC1C. The number of amides is 2. The number of ether oxygens (including phenoxy) is 1. The molecule has 0 bridgehead atoms. The van der Waals surface area contributed by atoms with E-state index in [9.17, 15) is 9.59 Å². The summed E-state index contributed by atoms with van der Waals surface area (Å²) >= 11 is 0. The van der Waals surface area contributed by atoms with Crippen molar-refractivity contribution in [3.63, 3.8) is 0 Å². The maximum atomic E-state index is 10.8. The van der Waals surface area contributed by atoms with Gasteiger partial charge in [-0.1, -0.05) is 0 Å². The van der Waals surface area contributed by atoms with Crippen molar-refractivity contribution in [3.8, 4) is 0 Å². The quantitative estimate of drug-likeness (QED) is 0.560. The highest BCUT2D eigenvalue weighted by molar-refractivity contribution is 6.12. The van der Waals surface area contributed by atoms with E-state index in [1.165, 1.54) is 7.11 Å². The first kappa shape index (κ1) is 8.70. The fourth-order valence-corrected chi connectivity index (χ4v) is 0.993. The number of carbonyl (C=O) groups excluding carboxylic acids is 2. The standard InChI is InChI=1S/C7H10N2O3/c1-4-5(3-6(10)8-4)9-7(11)12-2/h4H,3H2,1-2H3,(H,8,10)/b9-5+. The van der Waals surface area contributed by atoms with Crippen LogP contribution in [0.1, 0.15) is 13.3 Å². The molecule has 1 N–H and O–H groups in total. The minimum absolute atomic E-state index is 0.106. The van der Waals surface area contributed by atoms with Crippen LogP contribution in [0, 0.1) is 0 Å². The summed E-state index contributed by atoms with van der Waals surface area (Å²) in [4.78, 5) is 25.1. The largest absolute Gasteiger partial charge is 0.451 e. The molecule has 2 amide bonds. The maximum Gasteiger partial charge on any atom is 0.433 e. The molecular weight excluding hydrogens is 160 g/mol. The smallest absolute Gasteiger partial charge is 0.433 e. The van der Waals surface area contributed by atoms with Gasteiger partial charge in [-0.15, -0.1) is 0 Å². The topological polar surface area (TPSA) is 67.8 Å². The van der Waals surface area contributed by atoms with E-state index >= 15 is 0 Å². The Balaban J connectivity index is 2.69. The number of aliphatic imine (C=N–C) groups is 1. The van der Waals surface area contributed by atoms with E-state index in [-0.39, 0.29) is 18.4 Å². The second-order valence-electron chi connectivity index (χ2n) is 2.54. The van der Waals surface area contributed by atoms with Crippen LogP contribution in [-0.4, -0.2) is 30.9 Å². The van der Waals surface area contributed by atoms with Gasteiger partial charge in [0.05, 0.1) is 25.3 Å². The first-order valence-corrected chi connectivity index (χ1v) is 3.58. The summed E-state index contributed by atoms with van der Waals surface area (Å²) in [6.07, 6.45) is -0.468. The average Bonchev–Trinajstić information content (AvgIpc) is 2.30. The summed E-state index contributed by atoms with van der Waals surface area (Å²) in [7, 11) is 1.25. The molecular formula is C7H10N2O3. The van der Waals surface area contributed by atoms with Crippen molar-refractivity contribution < 1.29 is 14.3 Å². The zero-order chi connectivity index (χ0) is 9.14. The van der Waals surface area contributed by atoms with Crippen molar-refractivity contribution in [1.82, 2.24) is 5.32 Å². The monoisotopic (exact) mass is 170 g/mol. The predicted molar refractivity (Wildman–Crippen MR) is 42.1 cm³/mol. The number of nitrogens with one attached hydrogen (secondary N) is 1. The van der Waals surface area contributed by atoms with Crippen LogP contribution in [0.5, 0.6) is 0 Å². The van der Waals surface area contributed by atoms with Crippen molar-refractivity contribution >= 4 is 17.7 Å². The minimum Gasteiger partial charge on any atom is -0.451 e. The molecule has 66 valence electrons. The van der Waals surface area contributed by atoms with Gasteiger partial charge in [0.1, 0.15) is 0 Å². The van der Waals surface area contributed by atoms with Gasteiger partial charge in [0.25, 0.3) is 0 Å². The highest BCUT2D eigenvalue weighted by Crippen LogP contribution is 2.04. The van der Waals surface area contributed by atoms with Gasteiger partial charge in [-0.3, -0.25) is 4.79 Å². The predicted octanol–water partition coefficient (Wildman–Crippen LogP) is 0.102. The van der Waals surface area contributed by atoms with Gasteiger partial charge in [0.2, 0.25) is 5.91 Å². The van der Waals surface area contributed by atoms with E-state index in [0.29, 0.717) is 5.71 Å². The first-order chi connectivity index (χ1) is 5.63. The summed E-state index contributed by atoms with van der Waals surface area (Å²) in [6, 6.07) is -0.156. The summed E-state index contributed by atoms with van der Waals surface area (Å²) in [6.45, 7) is 1.77. The van der Waals surface area contributed by atoms with Crippen molar-refractivity contribution in [2.75, 3.05) is 7.11 Å². The Bertz CT molecular complexity index is 247. The third kappa shape index (κ3) is 1.81. The normalized spacial score (nSPS) is 25.7. The Labute approximate surface area is 69.8 Å². The van der Waals surface area contributed by atoms with E-state index in [1.807, 2.05) is 0 Å². The van der Waals surface area contributed by atoms with Crippen molar-refractivity contribution in [3.05, 3.63) is 0 Å². The molecule has 5 nitrogen and oxygen atoms in total. The van der Waals surface area contributed by atoms with Gasteiger partial charge in [0.15, 0.2) is 0 Å². The number of carbonyl (C=O) groups is 2. The van der Waals surface area contributed by atoms with Crippen molar-refractivity contribution in [2.45, 2.75) is 19.4 Å². The molecule has 1 unspecified atom stereocenters. The first-order valence-electron chi connectivity index (χ1n) is 3.58. The molecule has 0 saturated carbocycles. The van der Waals surface area contributed by atoms with Crippen LogP contribution in [-0.2, 0) is 9.53 Å². The Hall–Kier alpha value is -1.39. The van der Waals surface area contributed by atoms with Crippen LogP contribution in [0.15, 0.2) is 4.99 Å². The maximum absolute atomic E-state index is 10.8. The van der Waals surface area contributed by atoms with E-state index < -0.39 is 6.09 Å². The summed E-state index contributed by atoms with van der Waals surface area (Å²) in [5.41, 5.74) is 0.534. The molecule has 1 atom stereocenters. The molecule has 0 aliphatic carbocycles. The molecule has 1 aliphatic rings. The van der Waals surface area contributed by atoms with Crippen LogP contribution < -0.4 is 5.32 Å². The lowest BCUT2D eigenvalue weighted by Gasteiger charge is -2.01. The Morgan fingerprint density at radius 3 is 2.83 bits per heavy atom. The highest BCUT2D eigenvalue weighted by Gasteiger charge is 2.24. The zero-order valence-corrected chi connectivity index (χ0v) is 6.96. The van der Waals surface area contributed by atoms with Crippen LogP contribution in [0.25, 0.3) is 0 Å². The lowest BCUT2D eigenvalue weighted by molar-refractivity contribution is -0.119. The van der Waals surface area contributed by atoms with Gasteiger partial charge in [0, 0.05) is 0 Å². The zero-order valence-electron chi connectivity index (χ0n) is 6.96.